The zero-order chi connectivity index (χ0) is 13.0. The van der Waals surface area contributed by atoms with Gasteiger partial charge < -0.3 is 5.32 Å². The normalized spacial score (nSPS) is 12.6. The van der Waals surface area contributed by atoms with Crippen LogP contribution in [0.2, 0.25) is 0 Å². The van der Waals surface area contributed by atoms with Crippen molar-refractivity contribution in [1.82, 2.24) is 25.1 Å². The van der Waals surface area contributed by atoms with Crippen LogP contribution < -0.4 is 5.32 Å². The van der Waals surface area contributed by atoms with Crippen LogP contribution in [0.25, 0.3) is 0 Å². The van der Waals surface area contributed by atoms with Gasteiger partial charge in [-0.25, -0.2) is 9.97 Å². The predicted octanol–water partition coefficient (Wildman–Crippen LogP) is 1.41. The van der Waals surface area contributed by atoms with E-state index in [-0.39, 0.29) is 6.04 Å². The first-order valence-electron chi connectivity index (χ1n) is 6.12. The van der Waals surface area contributed by atoms with Crippen LogP contribution in [0.15, 0.2) is 24.8 Å². The Bertz CT molecular complexity index is 488. The number of aromatic nitrogens is 4. The Morgan fingerprint density at radius 2 is 2.00 bits per heavy atom. The predicted molar refractivity (Wildman–Crippen MR) is 70.1 cm³/mol. The van der Waals surface area contributed by atoms with Crippen molar-refractivity contribution < 1.29 is 0 Å². The molecule has 0 aromatic carbocycles. The van der Waals surface area contributed by atoms with Crippen LogP contribution in [-0.4, -0.2) is 26.8 Å². The summed E-state index contributed by atoms with van der Waals surface area (Å²) < 4.78 is 1.83. The molecule has 18 heavy (non-hydrogen) atoms. The highest BCUT2D eigenvalue weighted by atomic mass is 15.2. The standard InChI is InChI=1S/C13H19N5/c1-10-6-15-13(16-7-10)12(14-2)5-4-11-8-17-18(3)9-11/h6-9,12,14H,4-5H2,1-3H3. The molecule has 0 saturated heterocycles. The molecule has 0 aliphatic heterocycles. The molecule has 0 saturated carbocycles. The van der Waals surface area contributed by atoms with Crippen molar-refractivity contribution in [3.8, 4) is 0 Å². The van der Waals surface area contributed by atoms with Crippen LogP contribution in [0.1, 0.15) is 29.4 Å². The van der Waals surface area contributed by atoms with Crippen molar-refractivity contribution in [3.63, 3.8) is 0 Å². The fourth-order valence-corrected chi connectivity index (χ4v) is 1.90. The SMILES string of the molecule is CNC(CCc1cnn(C)c1)c1ncc(C)cn1. The molecule has 0 amide bonds. The van der Waals surface area contributed by atoms with Crippen LogP contribution in [0.4, 0.5) is 0 Å². The molecular weight excluding hydrogens is 226 g/mol. The number of nitrogens with zero attached hydrogens (tertiary/aromatic N) is 4. The lowest BCUT2D eigenvalue weighted by atomic mass is 10.1. The van der Waals surface area contributed by atoms with Gasteiger partial charge in [-0.3, -0.25) is 4.68 Å². The Hall–Kier alpha value is -1.75. The molecule has 2 aromatic heterocycles. The van der Waals surface area contributed by atoms with E-state index in [1.807, 2.05) is 50.5 Å². The van der Waals surface area contributed by atoms with Gasteiger partial charge in [-0.1, -0.05) is 0 Å². The molecule has 1 N–H and O–H groups in total. The zero-order valence-corrected chi connectivity index (χ0v) is 11.1. The van der Waals surface area contributed by atoms with Gasteiger partial charge in [0.25, 0.3) is 0 Å². The van der Waals surface area contributed by atoms with Gasteiger partial charge in [0, 0.05) is 25.6 Å². The maximum absolute atomic E-state index is 4.37. The van der Waals surface area contributed by atoms with E-state index in [2.05, 4.69) is 20.4 Å². The highest BCUT2D eigenvalue weighted by Crippen LogP contribution is 2.15. The minimum absolute atomic E-state index is 0.186. The highest BCUT2D eigenvalue weighted by molar-refractivity contribution is 5.07. The lowest BCUT2D eigenvalue weighted by Crippen LogP contribution is -2.19. The van der Waals surface area contributed by atoms with Gasteiger partial charge in [0.1, 0.15) is 5.82 Å². The Labute approximate surface area is 107 Å². The summed E-state index contributed by atoms with van der Waals surface area (Å²) in [7, 11) is 3.87. The van der Waals surface area contributed by atoms with Gasteiger partial charge in [-0.05, 0) is 37.9 Å². The first kappa shape index (κ1) is 12.7. The van der Waals surface area contributed by atoms with E-state index in [0.29, 0.717) is 0 Å². The molecular formula is C13H19N5. The smallest absolute Gasteiger partial charge is 0.145 e. The minimum Gasteiger partial charge on any atom is -0.310 e. The molecule has 2 rings (SSSR count). The van der Waals surface area contributed by atoms with Gasteiger partial charge in [0.05, 0.1) is 12.2 Å². The summed E-state index contributed by atoms with van der Waals surface area (Å²) in [6.07, 6.45) is 9.60. The Morgan fingerprint density at radius 1 is 1.28 bits per heavy atom. The van der Waals surface area contributed by atoms with Crippen LogP contribution in [0.5, 0.6) is 0 Å². The molecule has 1 unspecified atom stereocenters. The maximum atomic E-state index is 4.37. The maximum Gasteiger partial charge on any atom is 0.145 e. The summed E-state index contributed by atoms with van der Waals surface area (Å²) in [6.45, 7) is 1.99. The zero-order valence-electron chi connectivity index (χ0n) is 11.1. The number of hydrogen-bond donors (Lipinski definition) is 1. The second kappa shape index (κ2) is 5.73. The number of nitrogens with one attached hydrogen (secondary N) is 1. The molecule has 0 spiro atoms. The van der Waals surface area contributed by atoms with Crippen LogP contribution in [-0.2, 0) is 13.5 Å². The minimum atomic E-state index is 0.186. The van der Waals surface area contributed by atoms with Crippen molar-refractivity contribution in [2.24, 2.45) is 7.05 Å². The largest absolute Gasteiger partial charge is 0.310 e. The molecule has 0 radical (unpaired) electrons. The Kier molecular flexibility index (Phi) is 4.04. The summed E-state index contributed by atoms with van der Waals surface area (Å²) in [4.78, 5) is 8.74. The summed E-state index contributed by atoms with van der Waals surface area (Å²) in [6, 6.07) is 0.186. The highest BCUT2D eigenvalue weighted by Gasteiger charge is 2.12. The van der Waals surface area contributed by atoms with Crippen LogP contribution >= 0.6 is 0 Å². The molecule has 1 atom stereocenters. The molecule has 0 bridgehead atoms. The fourth-order valence-electron chi connectivity index (χ4n) is 1.90. The topological polar surface area (TPSA) is 55.6 Å². The first-order chi connectivity index (χ1) is 8.69. The summed E-state index contributed by atoms with van der Waals surface area (Å²) >= 11 is 0. The monoisotopic (exact) mass is 245 g/mol. The average molecular weight is 245 g/mol. The van der Waals surface area contributed by atoms with Gasteiger partial charge in [-0.2, -0.15) is 5.10 Å². The third-order valence-electron chi connectivity index (χ3n) is 2.94. The van der Waals surface area contributed by atoms with Crippen molar-refractivity contribution in [2.45, 2.75) is 25.8 Å². The Morgan fingerprint density at radius 3 is 2.56 bits per heavy atom. The molecule has 5 nitrogen and oxygen atoms in total. The fraction of sp³-hybridized carbons (Fsp3) is 0.462. The summed E-state index contributed by atoms with van der Waals surface area (Å²) in [5, 5.41) is 7.43. The van der Waals surface area contributed by atoms with Crippen molar-refractivity contribution in [3.05, 3.63) is 41.7 Å². The molecule has 0 aliphatic rings. The molecule has 2 heterocycles. The molecule has 0 fully saturated rings. The third kappa shape index (κ3) is 3.13. The molecule has 2 aromatic rings. The average Bonchev–Trinajstić information content (AvgIpc) is 2.78. The van der Waals surface area contributed by atoms with Crippen LogP contribution in [0, 0.1) is 6.92 Å². The second-order valence-electron chi connectivity index (χ2n) is 4.52. The van der Waals surface area contributed by atoms with E-state index in [9.17, 15) is 0 Å². The summed E-state index contributed by atoms with van der Waals surface area (Å²) in [5.74, 6) is 0.854. The molecule has 5 heteroatoms. The van der Waals surface area contributed by atoms with Gasteiger partial charge >= 0.3 is 0 Å². The van der Waals surface area contributed by atoms with E-state index < -0.39 is 0 Å². The Balaban J connectivity index is 1.99. The van der Waals surface area contributed by atoms with Crippen molar-refractivity contribution in [1.29, 1.82) is 0 Å². The van der Waals surface area contributed by atoms with E-state index in [1.54, 1.807) is 0 Å². The van der Waals surface area contributed by atoms with E-state index >= 15 is 0 Å². The molecule has 96 valence electrons. The number of aryl methyl sites for hydroxylation is 3. The van der Waals surface area contributed by atoms with Gasteiger partial charge in [0.2, 0.25) is 0 Å². The first-order valence-corrected chi connectivity index (χ1v) is 6.12. The lowest BCUT2D eigenvalue weighted by molar-refractivity contribution is 0.519. The van der Waals surface area contributed by atoms with Gasteiger partial charge in [0.15, 0.2) is 0 Å². The summed E-state index contributed by atoms with van der Waals surface area (Å²) in [5.41, 5.74) is 2.32. The van der Waals surface area contributed by atoms with Gasteiger partial charge in [-0.15, -0.1) is 0 Å². The van der Waals surface area contributed by atoms with E-state index in [1.165, 1.54) is 5.56 Å². The molecule has 0 aliphatic carbocycles. The van der Waals surface area contributed by atoms with Crippen molar-refractivity contribution >= 4 is 0 Å². The van der Waals surface area contributed by atoms with E-state index in [4.69, 9.17) is 0 Å². The quantitative estimate of drug-likeness (QED) is 0.865. The number of rotatable bonds is 5. The third-order valence-corrected chi connectivity index (χ3v) is 2.94. The van der Waals surface area contributed by atoms with Crippen LogP contribution in [0.3, 0.4) is 0 Å². The number of hydrogen-bond acceptors (Lipinski definition) is 4. The lowest BCUT2D eigenvalue weighted by Gasteiger charge is -2.13. The van der Waals surface area contributed by atoms with E-state index in [0.717, 1.165) is 24.2 Å². The van der Waals surface area contributed by atoms with Crippen molar-refractivity contribution in [2.75, 3.05) is 7.05 Å². The second-order valence-corrected chi connectivity index (χ2v) is 4.52.